The van der Waals surface area contributed by atoms with Crippen molar-refractivity contribution in [3.05, 3.63) is 0 Å². The van der Waals surface area contributed by atoms with E-state index in [-0.39, 0.29) is 18.0 Å². The third-order valence-electron chi connectivity index (χ3n) is 3.03. The first-order chi connectivity index (χ1) is 8.38. The van der Waals surface area contributed by atoms with Crippen LogP contribution in [0.4, 0.5) is 0 Å². The van der Waals surface area contributed by atoms with Crippen molar-refractivity contribution in [3.8, 4) is 0 Å². The van der Waals surface area contributed by atoms with E-state index < -0.39 is 0 Å². The quantitative estimate of drug-likeness (QED) is 0.663. The Bertz CT molecular complexity index is 230. The Labute approximate surface area is 112 Å². The number of nitrogens with one attached hydrogen (secondary N) is 2. The first kappa shape index (κ1) is 17.4. The summed E-state index contributed by atoms with van der Waals surface area (Å²) in [4.78, 5) is 11.9. The predicted molar refractivity (Wildman–Crippen MR) is 75.6 cm³/mol. The van der Waals surface area contributed by atoms with E-state index >= 15 is 0 Å². The van der Waals surface area contributed by atoms with E-state index in [1.165, 1.54) is 0 Å². The van der Waals surface area contributed by atoms with Crippen molar-refractivity contribution in [2.24, 2.45) is 11.8 Å². The molecule has 0 radical (unpaired) electrons. The van der Waals surface area contributed by atoms with Gasteiger partial charge < -0.3 is 15.4 Å². The van der Waals surface area contributed by atoms with Crippen LogP contribution < -0.4 is 10.6 Å². The van der Waals surface area contributed by atoms with Gasteiger partial charge in [0.2, 0.25) is 5.91 Å². The third kappa shape index (κ3) is 7.67. The maximum Gasteiger partial charge on any atom is 0.236 e. The summed E-state index contributed by atoms with van der Waals surface area (Å²) in [6.07, 6.45) is 1.02. The molecule has 0 aliphatic rings. The molecule has 0 saturated heterocycles. The minimum atomic E-state index is -0.181. The van der Waals surface area contributed by atoms with E-state index in [4.69, 9.17) is 4.74 Å². The molecule has 108 valence electrons. The van der Waals surface area contributed by atoms with Crippen molar-refractivity contribution in [1.82, 2.24) is 10.6 Å². The van der Waals surface area contributed by atoms with E-state index in [0.717, 1.165) is 13.0 Å². The topological polar surface area (TPSA) is 50.4 Å². The van der Waals surface area contributed by atoms with Crippen molar-refractivity contribution >= 4 is 5.91 Å². The lowest BCUT2D eigenvalue weighted by molar-refractivity contribution is -0.123. The van der Waals surface area contributed by atoms with Gasteiger partial charge in [-0.25, -0.2) is 0 Å². The van der Waals surface area contributed by atoms with E-state index in [1.54, 1.807) is 7.11 Å². The van der Waals surface area contributed by atoms with Crippen molar-refractivity contribution in [3.63, 3.8) is 0 Å². The SMILES string of the molecule is COCC(NC(C)C(=O)NCCC(C)C)C(C)C. The number of carbonyl (C=O) groups is 1. The number of carbonyl (C=O) groups excluding carboxylic acids is 1. The summed E-state index contributed by atoms with van der Waals surface area (Å²) in [6, 6.07) is 0.0283. The minimum absolute atomic E-state index is 0.0670. The molecule has 0 aromatic heterocycles. The highest BCUT2D eigenvalue weighted by Crippen LogP contribution is 2.03. The lowest BCUT2D eigenvalue weighted by Crippen LogP contribution is -2.50. The number of hydrogen-bond donors (Lipinski definition) is 2. The fourth-order valence-corrected chi connectivity index (χ4v) is 1.65. The van der Waals surface area contributed by atoms with Crippen LogP contribution in [0.2, 0.25) is 0 Å². The Hall–Kier alpha value is -0.610. The summed E-state index contributed by atoms with van der Waals surface area (Å²) in [6.45, 7) is 11.8. The molecule has 0 spiro atoms. The van der Waals surface area contributed by atoms with E-state index in [0.29, 0.717) is 18.4 Å². The Morgan fingerprint density at radius 2 is 1.78 bits per heavy atom. The average Bonchev–Trinajstić information content (AvgIpc) is 2.27. The Balaban J connectivity index is 4.04. The minimum Gasteiger partial charge on any atom is -0.383 e. The maximum atomic E-state index is 11.9. The molecular formula is C14H30N2O2. The molecule has 0 bridgehead atoms. The summed E-state index contributed by atoms with van der Waals surface area (Å²) in [7, 11) is 1.68. The molecule has 0 heterocycles. The molecule has 4 nitrogen and oxygen atoms in total. The van der Waals surface area contributed by atoms with Crippen LogP contribution >= 0.6 is 0 Å². The summed E-state index contributed by atoms with van der Waals surface area (Å²) in [5.74, 6) is 1.12. The first-order valence-corrected chi connectivity index (χ1v) is 6.91. The highest BCUT2D eigenvalue weighted by molar-refractivity contribution is 5.81. The molecular weight excluding hydrogens is 228 g/mol. The van der Waals surface area contributed by atoms with Crippen LogP contribution in [0.1, 0.15) is 41.0 Å². The van der Waals surface area contributed by atoms with Crippen LogP contribution in [0.3, 0.4) is 0 Å². The molecule has 0 aromatic carbocycles. The van der Waals surface area contributed by atoms with Crippen LogP contribution in [0, 0.1) is 11.8 Å². The Kier molecular flexibility index (Phi) is 9.02. The van der Waals surface area contributed by atoms with Gasteiger partial charge in [0.25, 0.3) is 0 Å². The zero-order valence-corrected chi connectivity index (χ0v) is 12.7. The fourth-order valence-electron chi connectivity index (χ4n) is 1.65. The van der Waals surface area contributed by atoms with Gasteiger partial charge in [0.05, 0.1) is 12.6 Å². The van der Waals surface area contributed by atoms with Crippen molar-refractivity contribution in [1.29, 1.82) is 0 Å². The second kappa shape index (κ2) is 9.34. The zero-order valence-electron chi connectivity index (χ0n) is 12.7. The molecule has 2 unspecified atom stereocenters. The summed E-state index contributed by atoms with van der Waals surface area (Å²) >= 11 is 0. The van der Waals surface area contributed by atoms with E-state index in [1.807, 2.05) is 6.92 Å². The fraction of sp³-hybridized carbons (Fsp3) is 0.929. The van der Waals surface area contributed by atoms with Gasteiger partial charge in [0.15, 0.2) is 0 Å². The number of methoxy groups -OCH3 is 1. The second-order valence-electron chi connectivity index (χ2n) is 5.67. The lowest BCUT2D eigenvalue weighted by atomic mass is 10.0. The highest BCUT2D eigenvalue weighted by Gasteiger charge is 2.19. The highest BCUT2D eigenvalue weighted by atomic mass is 16.5. The molecule has 4 heteroatoms. The number of hydrogen-bond acceptors (Lipinski definition) is 3. The Morgan fingerprint density at radius 1 is 1.17 bits per heavy atom. The van der Waals surface area contributed by atoms with E-state index in [2.05, 4.69) is 38.3 Å². The molecule has 0 aliphatic heterocycles. The van der Waals surface area contributed by atoms with Gasteiger partial charge in [-0.3, -0.25) is 4.79 Å². The van der Waals surface area contributed by atoms with Crippen LogP contribution in [0.15, 0.2) is 0 Å². The number of rotatable bonds is 9. The van der Waals surface area contributed by atoms with Gasteiger partial charge in [0.1, 0.15) is 0 Å². The molecule has 0 aliphatic carbocycles. The van der Waals surface area contributed by atoms with Gasteiger partial charge in [-0.1, -0.05) is 27.7 Å². The first-order valence-electron chi connectivity index (χ1n) is 6.91. The standard InChI is InChI=1S/C14H30N2O2/c1-10(2)7-8-15-14(17)12(5)16-13(9-18-6)11(3)4/h10-13,16H,7-9H2,1-6H3,(H,15,17). The monoisotopic (exact) mass is 258 g/mol. The third-order valence-corrected chi connectivity index (χ3v) is 3.03. The van der Waals surface area contributed by atoms with Gasteiger partial charge in [-0.05, 0) is 25.2 Å². The van der Waals surface area contributed by atoms with Gasteiger partial charge in [-0.15, -0.1) is 0 Å². The normalized spacial score (nSPS) is 14.9. The molecule has 0 aromatic rings. The average molecular weight is 258 g/mol. The zero-order chi connectivity index (χ0) is 14.1. The van der Waals surface area contributed by atoms with Gasteiger partial charge >= 0.3 is 0 Å². The summed E-state index contributed by atoms with van der Waals surface area (Å²) < 4.78 is 5.16. The predicted octanol–water partition coefficient (Wildman–Crippen LogP) is 1.80. The summed E-state index contributed by atoms with van der Waals surface area (Å²) in [5, 5.41) is 6.28. The lowest BCUT2D eigenvalue weighted by Gasteiger charge is -2.25. The van der Waals surface area contributed by atoms with Crippen molar-refractivity contribution < 1.29 is 9.53 Å². The van der Waals surface area contributed by atoms with Crippen LogP contribution in [0.5, 0.6) is 0 Å². The summed E-state index contributed by atoms with van der Waals surface area (Å²) in [5.41, 5.74) is 0. The van der Waals surface area contributed by atoms with Crippen molar-refractivity contribution in [2.75, 3.05) is 20.3 Å². The smallest absolute Gasteiger partial charge is 0.236 e. The van der Waals surface area contributed by atoms with Gasteiger partial charge in [0, 0.05) is 19.7 Å². The van der Waals surface area contributed by atoms with Gasteiger partial charge in [-0.2, -0.15) is 0 Å². The molecule has 18 heavy (non-hydrogen) atoms. The largest absolute Gasteiger partial charge is 0.383 e. The van der Waals surface area contributed by atoms with Crippen LogP contribution in [-0.2, 0) is 9.53 Å². The van der Waals surface area contributed by atoms with Crippen LogP contribution in [-0.4, -0.2) is 38.3 Å². The molecule has 2 N–H and O–H groups in total. The molecule has 0 rings (SSSR count). The molecule has 0 saturated carbocycles. The second-order valence-corrected chi connectivity index (χ2v) is 5.67. The maximum absolute atomic E-state index is 11.9. The van der Waals surface area contributed by atoms with Crippen molar-refractivity contribution in [2.45, 2.75) is 53.1 Å². The Morgan fingerprint density at radius 3 is 2.22 bits per heavy atom. The number of ether oxygens (including phenoxy) is 1. The number of amides is 1. The van der Waals surface area contributed by atoms with Crippen LogP contribution in [0.25, 0.3) is 0 Å². The molecule has 2 atom stereocenters. The molecule has 1 amide bonds. The molecule has 0 fully saturated rings. The van der Waals surface area contributed by atoms with E-state index in [9.17, 15) is 4.79 Å².